The predicted octanol–water partition coefficient (Wildman–Crippen LogP) is -0.497. The van der Waals surface area contributed by atoms with Gasteiger partial charge in [0.05, 0.1) is 12.2 Å². The van der Waals surface area contributed by atoms with Gasteiger partial charge in [-0.05, 0) is 17.7 Å². The van der Waals surface area contributed by atoms with Gasteiger partial charge in [-0.2, -0.15) is 0 Å². The Morgan fingerprint density at radius 2 is 1.79 bits per heavy atom. The molecule has 0 fully saturated rings. The van der Waals surface area contributed by atoms with Gasteiger partial charge in [-0.25, -0.2) is 4.79 Å². The van der Waals surface area contributed by atoms with Gasteiger partial charge < -0.3 is 9.84 Å². The Balaban J connectivity index is 2.42. The summed E-state index contributed by atoms with van der Waals surface area (Å²) in [4.78, 5) is 33.2. The van der Waals surface area contributed by atoms with E-state index in [-0.39, 0.29) is 12.2 Å². The van der Waals surface area contributed by atoms with E-state index in [9.17, 15) is 14.4 Å². The molecule has 0 aromatic heterocycles. The first kappa shape index (κ1) is 14.7. The molecule has 0 bridgehead atoms. The maximum absolute atomic E-state index is 11.5. The molecule has 0 aliphatic rings. The fraction of sp³-hybridized carbons (Fsp3) is 0.250. The molecule has 0 saturated heterocycles. The molecule has 19 heavy (non-hydrogen) atoms. The first-order chi connectivity index (χ1) is 9.02. The molecule has 0 atom stereocenters. The topological polar surface area (TPSA) is 105 Å². The van der Waals surface area contributed by atoms with Crippen molar-refractivity contribution in [3.05, 3.63) is 35.4 Å². The summed E-state index contributed by atoms with van der Waals surface area (Å²) in [6.45, 7) is 0.615. The summed E-state index contributed by atoms with van der Waals surface area (Å²) in [5, 5.41) is 8.84. The highest BCUT2D eigenvalue weighted by atomic mass is 16.5. The average molecular weight is 266 g/mol. The molecule has 2 amide bonds. The number of hydrazine groups is 1. The van der Waals surface area contributed by atoms with Crippen molar-refractivity contribution in [2.45, 2.75) is 13.5 Å². The molecule has 0 saturated carbocycles. The van der Waals surface area contributed by atoms with Crippen LogP contribution in [0.4, 0.5) is 0 Å². The number of carbonyl (C=O) groups excluding carboxylic acids is 3. The summed E-state index contributed by atoms with van der Waals surface area (Å²) in [7, 11) is 0. The second-order valence-corrected chi connectivity index (χ2v) is 3.66. The molecular formula is C12H14N2O5. The summed E-state index contributed by atoms with van der Waals surface area (Å²) in [5.41, 5.74) is 5.06. The number of esters is 1. The normalized spacial score (nSPS) is 9.58. The van der Waals surface area contributed by atoms with Crippen molar-refractivity contribution in [3.63, 3.8) is 0 Å². The molecule has 1 aromatic rings. The van der Waals surface area contributed by atoms with Gasteiger partial charge in [0.1, 0.15) is 0 Å². The van der Waals surface area contributed by atoms with E-state index in [1.54, 1.807) is 12.1 Å². The van der Waals surface area contributed by atoms with Crippen molar-refractivity contribution >= 4 is 17.8 Å². The minimum atomic E-state index is -0.664. The number of aliphatic hydroxyl groups is 1. The number of amides is 2. The number of hydrogen-bond donors (Lipinski definition) is 3. The van der Waals surface area contributed by atoms with Crippen LogP contribution in [0.1, 0.15) is 22.8 Å². The monoisotopic (exact) mass is 266 g/mol. The van der Waals surface area contributed by atoms with Crippen LogP contribution >= 0.6 is 0 Å². The molecule has 0 unspecified atom stereocenters. The van der Waals surface area contributed by atoms with Crippen LogP contribution in [0.3, 0.4) is 0 Å². The van der Waals surface area contributed by atoms with Crippen LogP contribution in [0.5, 0.6) is 0 Å². The van der Waals surface area contributed by atoms with Gasteiger partial charge in [-0.1, -0.05) is 12.1 Å². The molecular weight excluding hydrogens is 252 g/mol. The van der Waals surface area contributed by atoms with Crippen LogP contribution in [0.25, 0.3) is 0 Å². The summed E-state index contributed by atoms with van der Waals surface area (Å²) in [5.74, 6) is -1.74. The number of hydrogen-bond acceptors (Lipinski definition) is 5. The summed E-state index contributed by atoms with van der Waals surface area (Å²) in [6.07, 6.45) is 0. The Kier molecular flexibility index (Phi) is 5.49. The number of aliphatic hydroxyl groups excluding tert-OH is 1. The lowest BCUT2D eigenvalue weighted by molar-refractivity contribution is -0.129. The van der Waals surface area contributed by atoms with Gasteiger partial charge in [0.15, 0.2) is 6.61 Å². The van der Waals surface area contributed by atoms with Gasteiger partial charge in [0.2, 0.25) is 5.91 Å². The van der Waals surface area contributed by atoms with Crippen LogP contribution in [0.15, 0.2) is 24.3 Å². The van der Waals surface area contributed by atoms with Gasteiger partial charge in [-0.15, -0.1) is 0 Å². The molecule has 0 heterocycles. The third kappa shape index (κ3) is 5.17. The van der Waals surface area contributed by atoms with E-state index in [1.165, 1.54) is 19.1 Å². The molecule has 1 aromatic carbocycles. The zero-order valence-electron chi connectivity index (χ0n) is 10.3. The van der Waals surface area contributed by atoms with Crippen molar-refractivity contribution in [2.24, 2.45) is 0 Å². The lowest BCUT2D eigenvalue weighted by Crippen LogP contribution is -2.42. The van der Waals surface area contributed by atoms with Crippen LogP contribution in [-0.4, -0.2) is 29.5 Å². The zero-order valence-corrected chi connectivity index (χ0v) is 10.3. The van der Waals surface area contributed by atoms with Crippen LogP contribution in [-0.2, 0) is 20.9 Å². The average Bonchev–Trinajstić information content (AvgIpc) is 2.42. The number of ether oxygens (including phenoxy) is 1. The molecule has 0 spiro atoms. The number of benzene rings is 1. The first-order valence-electron chi connectivity index (χ1n) is 5.45. The first-order valence-corrected chi connectivity index (χ1v) is 5.45. The van der Waals surface area contributed by atoms with Crippen LogP contribution < -0.4 is 10.9 Å². The SMILES string of the molecule is CC(=O)NNC(=O)COC(=O)c1ccc(CO)cc1. The smallest absolute Gasteiger partial charge is 0.338 e. The van der Waals surface area contributed by atoms with Gasteiger partial charge in [0.25, 0.3) is 5.91 Å². The summed E-state index contributed by atoms with van der Waals surface area (Å²) in [6, 6.07) is 6.13. The zero-order chi connectivity index (χ0) is 14.3. The number of rotatable bonds is 4. The Labute approximate surface area is 109 Å². The lowest BCUT2D eigenvalue weighted by Gasteiger charge is -2.06. The highest BCUT2D eigenvalue weighted by molar-refractivity contribution is 5.91. The second kappa shape index (κ2) is 7.12. The van der Waals surface area contributed by atoms with E-state index in [0.717, 1.165) is 0 Å². The Morgan fingerprint density at radius 1 is 1.16 bits per heavy atom. The van der Waals surface area contributed by atoms with Crippen molar-refractivity contribution in [2.75, 3.05) is 6.61 Å². The van der Waals surface area contributed by atoms with E-state index in [0.29, 0.717) is 5.56 Å². The quantitative estimate of drug-likeness (QED) is 0.503. The van der Waals surface area contributed by atoms with Gasteiger partial charge >= 0.3 is 5.97 Å². The van der Waals surface area contributed by atoms with Crippen LogP contribution in [0, 0.1) is 0 Å². The Bertz CT molecular complexity index is 470. The standard InChI is InChI=1S/C12H14N2O5/c1-8(16)13-14-11(17)7-19-12(18)10-4-2-9(6-15)3-5-10/h2-5,15H,6-7H2,1H3,(H,13,16)(H,14,17). The Morgan fingerprint density at radius 3 is 2.32 bits per heavy atom. The van der Waals surface area contributed by atoms with E-state index in [4.69, 9.17) is 9.84 Å². The van der Waals surface area contributed by atoms with Gasteiger partial charge in [0, 0.05) is 6.92 Å². The minimum absolute atomic E-state index is 0.117. The number of carbonyl (C=O) groups is 3. The highest BCUT2D eigenvalue weighted by Crippen LogP contribution is 2.05. The molecule has 0 aliphatic carbocycles. The fourth-order valence-electron chi connectivity index (χ4n) is 1.15. The largest absolute Gasteiger partial charge is 0.452 e. The van der Waals surface area contributed by atoms with E-state index in [2.05, 4.69) is 10.9 Å². The minimum Gasteiger partial charge on any atom is -0.452 e. The molecule has 0 radical (unpaired) electrons. The van der Waals surface area contributed by atoms with Crippen molar-refractivity contribution < 1.29 is 24.2 Å². The summed E-state index contributed by atoms with van der Waals surface area (Å²) >= 11 is 0. The van der Waals surface area contributed by atoms with E-state index in [1.807, 2.05) is 0 Å². The van der Waals surface area contributed by atoms with E-state index < -0.39 is 24.4 Å². The molecule has 7 heteroatoms. The molecule has 102 valence electrons. The lowest BCUT2D eigenvalue weighted by atomic mass is 10.1. The fourth-order valence-corrected chi connectivity index (χ4v) is 1.15. The maximum Gasteiger partial charge on any atom is 0.338 e. The highest BCUT2D eigenvalue weighted by Gasteiger charge is 2.10. The van der Waals surface area contributed by atoms with Crippen molar-refractivity contribution in [1.82, 2.24) is 10.9 Å². The maximum atomic E-state index is 11.5. The summed E-state index contributed by atoms with van der Waals surface area (Å²) < 4.78 is 4.73. The molecule has 0 aliphatic heterocycles. The van der Waals surface area contributed by atoms with E-state index >= 15 is 0 Å². The number of nitrogens with one attached hydrogen (secondary N) is 2. The van der Waals surface area contributed by atoms with Crippen molar-refractivity contribution in [1.29, 1.82) is 0 Å². The third-order valence-electron chi connectivity index (χ3n) is 2.08. The predicted molar refractivity (Wildman–Crippen MR) is 64.6 cm³/mol. The Hall–Kier alpha value is -2.41. The van der Waals surface area contributed by atoms with Crippen LogP contribution in [0.2, 0.25) is 0 Å². The third-order valence-corrected chi connectivity index (χ3v) is 2.08. The van der Waals surface area contributed by atoms with Gasteiger partial charge in [-0.3, -0.25) is 20.4 Å². The molecule has 3 N–H and O–H groups in total. The molecule has 7 nitrogen and oxygen atoms in total. The second-order valence-electron chi connectivity index (χ2n) is 3.66. The molecule has 1 rings (SSSR count). The van der Waals surface area contributed by atoms with Crippen molar-refractivity contribution in [3.8, 4) is 0 Å².